The van der Waals surface area contributed by atoms with Crippen molar-refractivity contribution in [3.63, 3.8) is 0 Å². The molecule has 0 aliphatic rings. The molecule has 0 aromatic rings. The fourth-order valence-electron chi connectivity index (χ4n) is 0.501. The molecule has 2 nitrogen and oxygen atoms in total. The van der Waals surface area contributed by atoms with Crippen molar-refractivity contribution in [2.45, 2.75) is 18.0 Å². The molecule has 0 fully saturated rings. The predicted octanol–water partition coefficient (Wildman–Crippen LogP) is 2.16. The second-order valence-corrected chi connectivity index (χ2v) is 2.79. The molecule has 0 aromatic carbocycles. The summed E-state index contributed by atoms with van der Waals surface area (Å²) in [4.78, 5) is 10.1. The number of hydrogen-bond acceptors (Lipinski definition) is 2. The maximum Gasteiger partial charge on any atom is 0.455 e. The van der Waals surface area contributed by atoms with E-state index >= 15 is 0 Å². The summed E-state index contributed by atoms with van der Waals surface area (Å²) in [5.74, 6) is -11.5. The molecule has 0 heterocycles. The van der Waals surface area contributed by atoms with Crippen LogP contribution in [0.25, 0.3) is 0 Å². The number of carbonyl (C=O) groups is 1. The number of rotatable bonds is 3. The van der Waals surface area contributed by atoms with Gasteiger partial charge in [-0.05, 0) is 11.6 Å². The third-order valence-electron chi connectivity index (χ3n) is 1.41. The van der Waals surface area contributed by atoms with Crippen LogP contribution in [-0.4, -0.2) is 28.3 Å². The van der Waals surface area contributed by atoms with Gasteiger partial charge in [-0.2, -0.15) is 26.3 Å². The molecular weight excluding hydrogens is 254 g/mol. The van der Waals surface area contributed by atoms with Crippen molar-refractivity contribution in [3.8, 4) is 0 Å². The van der Waals surface area contributed by atoms with Crippen LogP contribution in [0.3, 0.4) is 0 Å². The van der Waals surface area contributed by atoms with E-state index in [1.165, 1.54) is 0 Å². The molecule has 0 amide bonds. The molecule has 15 heavy (non-hydrogen) atoms. The molecule has 0 saturated heterocycles. The zero-order chi connectivity index (χ0) is 12.7. The smallest absolute Gasteiger partial charge is 0.350 e. The Morgan fingerprint density at radius 2 is 1.47 bits per heavy atom. The Morgan fingerprint density at radius 1 is 1.13 bits per heavy atom. The quantitative estimate of drug-likeness (QED) is 0.477. The van der Waals surface area contributed by atoms with Gasteiger partial charge in [0.25, 0.3) is 5.24 Å². The normalized spacial score (nSPS) is 17.1. The Morgan fingerprint density at radius 3 is 1.67 bits per heavy atom. The van der Waals surface area contributed by atoms with Crippen LogP contribution < -0.4 is 0 Å². The van der Waals surface area contributed by atoms with E-state index < -0.39 is 28.8 Å². The first-order valence-electron chi connectivity index (χ1n) is 3.10. The molecule has 1 N–H and O–H groups in total. The zero-order valence-corrected chi connectivity index (χ0v) is 7.46. The van der Waals surface area contributed by atoms with Crippen molar-refractivity contribution in [1.82, 2.24) is 0 Å². The largest absolute Gasteiger partial charge is 0.455 e. The van der Waals surface area contributed by atoms with E-state index in [-0.39, 0.29) is 0 Å². The van der Waals surface area contributed by atoms with E-state index in [0.29, 0.717) is 0 Å². The van der Waals surface area contributed by atoms with Crippen LogP contribution in [0.5, 0.6) is 0 Å². The highest BCUT2D eigenvalue weighted by Crippen LogP contribution is 2.46. The molecule has 0 saturated carbocycles. The van der Waals surface area contributed by atoms with Gasteiger partial charge in [-0.1, -0.05) is 6.58 Å². The van der Waals surface area contributed by atoms with Crippen LogP contribution >= 0.6 is 11.6 Å². The summed E-state index contributed by atoms with van der Waals surface area (Å²) in [6.07, 6.45) is -6.29. The molecule has 0 aromatic heterocycles. The Kier molecular flexibility index (Phi) is 3.49. The Balaban J connectivity index is 5.38. The van der Waals surface area contributed by atoms with Gasteiger partial charge < -0.3 is 5.11 Å². The SMILES string of the molecule is C=C(C(=O)Cl)C(F)(F)C(O)(F)C(F)(F)F. The third kappa shape index (κ3) is 2.25. The second kappa shape index (κ2) is 3.67. The maximum absolute atomic E-state index is 12.6. The summed E-state index contributed by atoms with van der Waals surface area (Å²) in [6.45, 7) is 2.17. The van der Waals surface area contributed by atoms with Crippen LogP contribution in [0, 0.1) is 0 Å². The number of hydrogen-bond donors (Lipinski definition) is 1. The first-order valence-corrected chi connectivity index (χ1v) is 3.48. The summed E-state index contributed by atoms with van der Waals surface area (Å²) in [6, 6.07) is 0. The lowest BCUT2D eigenvalue weighted by Crippen LogP contribution is -2.56. The molecule has 88 valence electrons. The van der Waals surface area contributed by atoms with Crippen molar-refractivity contribution in [3.05, 3.63) is 12.2 Å². The van der Waals surface area contributed by atoms with Crippen LogP contribution in [0.1, 0.15) is 0 Å². The summed E-state index contributed by atoms with van der Waals surface area (Å²) in [7, 11) is 0. The number of halogens is 7. The van der Waals surface area contributed by atoms with Crippen molar-refractivity contribution < 1.29 is 36.2 Å². The van der Waals surface area contributed by atoms with Gasteiger partial charge in [0.1, 0.15) is 0 Å². The molecular formula is C6H3ClF6O2. The summed E-state index contributed by atoms with van der Waals surface area (Å²) >= 11 is 4.41. The number of carbonyl (C=O) groups excluding carboxylic acids is 1. The highest BCUT2D eigenvalue weighted by atomic mass is 35.5. The summed E-state index contributed by atoms with van der Waals surface area (Å²) < 4.78 is 72.5. The van der Waals surface area contributed by atoms with Gasteiger partial charge in [-0.25, -0.2) is 0 Å². The van der Waals surface area contributed by atoms with Gasteiger partial charge in [0.2, 0.25) is 0 Å². The van der Waals surface area contributed by atoms with E-state index in [9.17, 15) is 31.1 Å². The lowest BCUT2D eigenvalue weighted by atomic mass is 10.0. The van der Waals surface area contributed by atoms with Crippen LogP contribution in [0.15, 0.2) is 12.2 Å². The van der Waals surface area contributed by atoms with E-state index in [1.54, 1.807) is 0 Å². The Bertz CT molecular complexity index is 294. The second-order valence-electron chi connectivity index (χ2n) is 2.45. The highest BCUT2D eigenvalue weighted by molar-refractivity contribution is 6.67. The molecule has 0 radical (unpaired) electrons. The van der Waals surface area contributed by atoms with Gasteiger partial charge in [0.15, 0.2) is 0 Å². The highest BCUT2D eigenvalue weighted by Gasteiger charge is 2.72. The van der Waals surface area contributed by atoms with Crippen molar-refractivity contribution >= 4 is 16.8 Å². The lowest BCUT2D eigenvalue weighted by Gasteiger charge is -2.30. The average Bonchev–Trinajstić information content (AvgIpc) is 2.00. The Hall–Kier alpha value is -0.760. The molecule has 1 unspecified atom stereocenters. The monoisotopic (exact) mass is 256 g/mol. The van der Waals surface area contributed by atoms with Crippen LogP contribution in [0.2, 0.25) is 0 Å². The van der Waals surface area contributed by atoms with E-state index in [2.05, 4.69) is 18.2 Å². The van der Waals surface area contributed by atoms with Crippen LogP contribution in [0.4, 0.5) is 26.3 Å². The van der Waals surface area contributed by atoms with Crippen molar-refractivity contribution in [2.75, 3.05) is 0 Å². The van der Waals surface area contributed by atoms with Gasteiger partial charge in [-0.15, -0.1) is 0 Å². The standard InChI is InChI=1S/C6H3ClF6O2/c1-2(3(7)14)4(8,9)5(10,15)6(11,12)13/h15H,1H2. The molecule has 9 heteroatoms. The molecule has 1 atom stereocenters. The van der Waals surface area contributed by atoms with Crippen molar-refractivity contribution in [2.24, 2.45) is 0 Å². The zero-order valence-electron chi connectivity index (χ0n) is 6.71. The minimum absolute atomic E-state index is 2.08. The summed E-state index contributed by atoms with van der Waals surface area (Å²) in [5.41, 5.74) is -2.19. The predicted molar refractivity (Wildman–Crippen MR) is 37.1 cm³/mol. The van der Waals surface area contributed by atoms with E-state index in [0.717, 1.165) is 0 Å². The molecule has 0 bridgehead atoms. The molecule has 0 aliphatic carbocycles. The number of alkyl halides is 6. The first-order chi connectivity index (χ1) is 6.35. The molecule has 0 rings (SSSR count). The van der Waals surface area contributed by atoms with E-state index in [1.807, 2.05) is 0 Å². The van der Waals surface area contributed by atoms with E-state index in [4.69, 9.17) is 5.11 Å². The van der Waals surface area contributed by atoms with Gasteiger partial charge in [-0.3, -0.25) is 4.79 Å². The van der Waals surface area contributed by atoms with Gasteiger partial charge in [0.05, 0.1) is 5.57 Å². The van der Waals surface area contributed by atoms with Crippen molar-refractivity contribution in [1.29, 1.82) is 0 Å². The topological polar surface area (TPSA) is 37.3 Å². The summed E-state index contributed by atoms with van der Waals surface area (Å²) in [5, 5.41) is 5.90. The first kappa shape index (κ1) is 14.2. The fourth-order valence-corrected chi connectivity index (χ4v) is 0.620. The number of aliphatic hydroxyl groups is 1. The van der Waals surface area contributed by atoms with Gasteiger partial charge in [0, 0.05) is 0 Å². The minimum atomic E-state index is -6.29. The van der Waals surface area contributed by atoms with Crippen LogP contribution in [-0.2, 0) is 4.79 Å². The minimum Gasteiger partial charge on any atom is -0.350 e. The molecule has 0 spiro atoms. The third-order valence-corrected chi connectivity index (χ3v) is 1.64. The lowest BCUT2D eigenvalue weighted by molar-refractivity contribution is -0.375. The average molecular weight is 257 g/mol. The fraction of sp³-hybridized carbons (Fsp3) is 0.500. The molecule has 0 aliphatic heterocycles. The maximum atomic E-state index is 12.6. The van der Waals surface area contributed by atoms with Gasteiger partial charge >= 0.3 is 18.0 Å². The Labute approximate surface area is 84.1 Å².